The highest BCUT2D eigenvalue weighted by atomic mass is 28.3. The van der Waals surface area contributed by atoms with Gasteiger partial charge in [-0.3, -0.25) is 19.3 Å². The van der Waals surface area contributed by atoms with Gasteiger partial charge in [0.25, 0.3) is 11.8 Å². The quantitative estimate of drug-likeness (QED) is 0.295. The summed E-state index contributed by atoms with van der Waals surface area (Å²) in [5.41, 5.74) is 0.983. The van der Waals surface area contributed by atoms with Gasteiger partial charge in [0.2, 0.25) is 5.91 Å². The van der Waals surface area contributed by atoms with Crippen LogP contribution in [-0.4, -0.2) is 93.5 Å². The van der Waals surface area contributed by atoms with Crippen LogP contribution in [0.2, 0.25) is 18.6 Å². The molecule has 5 atom stereocenters. The SMILES string of the molecule is COc1ccc([Si](C)(C)[C@@H]2[C@@H](CC(=O)N3CCC[C@H]3CO)O[C@]3(C(=O)Nc4ccc(N5CN(c6ccccc6)C6(CCNCC6)C5=O)cc43)[C@H]2C)cc1. The Morgan fingerprint density at radius 2 is 1.75 bits per heavy atom. The fourth-order valence-electron chi connectivity index (χ4n) is 10.3. The summed E-state index contributed by atoms with van der Waals surface area (Å²) >= 11 is 0. The first kappa shape index (κ1) is 35.8. The number of carbonyl (C=O) groups is 3. The largest absolute Gasteiger partial charge is 0.497 e. The molecule has 8 rings (SSSR count). The van der Waals surface area contributed by atoms with Crippen molar-refractivity contribution >= 4 is 48.0 Å². The summed E-state index contributed by atoms with van der Waals surface area (Å²) in [6, 6.07) is 23.9. The van der Waals surface area contributed by atoms with E-state index in [0.717, 1.165) is 43.1 Å². The van der Waals surface area contributed by atoms with Crippen LogP contribution < -0.4 is 30.4 Å². The smallest absolute Gasteiger partial charge is 0.261 e. The van der Waals surface area contributed by atoms with E-state index in [1.165, 1.54) is 5.19 Å². The minimum Gasteiger partial charge on any atom is -0.497 e. The van der Waals surface area contributed by atoms with Gasteiger partial charge in [-0.1, -0.05) is 55.5 Å². The number of aliphatic hydroxyl groups is 1. The molecular weight excluding hydrogens is 687 g/mol. The van der Waals surface area contributed by atoms with Gasteiger partial charge in [0.05, 0.1) is 47.0 Å². The normalized spacial score (nSPS) is 27.9. The van der Waals surface area contributed by atoms with Gasteiger partial charge >= 0.3 is 0 Å². The lowest BCUT2D eigenvalue weighted by molar-refractivity contribution is -0.148. The maximum Gasteiger partial charge on any atom is 0.261 e. The number of nitrogens with one attached hydrogen (secondary N) is 2. The number of likely N-dealkylation sites (tertiary alicyclic amines) is 1. The lowest BCUT2D eigenvalue weighted by Crippen LogP contribution is -2.55. The predicted octanol–water partition coefficient (Wildman–Crippen LogP) is 4.17. The fraction of sp³-hybridized carbons (Fsp3) is 0.488. The molecule has 4 fully saturated rings. The second-order valence-electron chi connectivity index (χ2n) is 16.0. The highest BCUT2D eigenvalue weighted by molar-refractivity contribution is 6.91. The number of aliphatic hydroxyl groups excluding tert-OH is 1. The van der Waals surface area contributed by atoms with Gasteiger partial charge in [-0.05, 0) is 86.8 Å². The molecule has 3 amide bonds. The van der Waals surface area contributed by atoms with Crippen LogP contribution in [0.4, 0.5) is 17.1 Å². The first-order valence-electron chi connectivity index (χ1n) is 19.1. The summed E-state index contributed by atoms with van der Waals surface area (Å²) in [5.74, 6) is 0.251. The average Bonchev–Trinajstić information content (AvgIpc) is 3.92. The number of hydrogen-bond donors (Lipinski definition) is 3. The molecule has 5 aliphatic rings. The molecule has 11 nitrogen and oxygen atoms in total. The fourth-order valence-corrected chi connectivity index (χ4v) is 14.3. The van der Waals surface area contributed by atoms with Gasteiger partial charge < -0.3 is 35.0 Å². The molecule has 280 valence electrons. The second kappa shape index (κ2) is 13.6. The van der Waals surface area contributed by atoms with Gasteiger partial charge in [0.1, 0.15) is 11.3 Å². The van der Waals surface area contributed by atoms with Gasteiger partial charge in [-0.25, -0.2) is 0 Å². The van der Waals surface area contributed by atoms with Crippen molar-refractivity contribution < 1.29 is 29.0 Å². The lowest BCUT2D eigenvalue weighted by atomic mass is 9.82. The predicted molar refractivity (Wildman–Crippen MR) is 207 cm³/mol. The first-order chi connectivity index (χ1) is 25.5. The Morgan fingerprint density at radius 3 is 2.45 bits per heavy atom. The van der Waals surface area contributed by atoms with Crippen molar-refractivity contribution in [2.75, 3.05) is 55.1 Å². The van der Waals surface area contributed by atoms with Crippen LogP contribution >= 0.6 is 0 Å². The van der Waals surface area contributed by atoms with E-state index in [4.69, 9.17) is 9.47 Å². The molecule has 12 heteroatoms. The molecular formula is C41H51N5O6Si. The maximum absolute atomic E-state index is 14.6. The molecule has 3 N–H and O–H groups in total. The number of fused-ring (bicyclic) bond motifs is 2. The summed E-state index contributed by atoms with van der Waals surface area (Å²) in [6.45, 7) is 9.14. The van der Waals surface area contributed by atoms with Gasteiger partial charge in [-0.2, -0.15) is 0 Å². The standard InChI is InChI=1S/C41H51N5O6Si/c1-27-37(53(3,4)32-15-13-31(51-2)14-16-32)35(24-36(48)44-22-8-11-30(44)25-47)52-41(27)33-23-29(12-17-34(33)43-38(41)49)45-26-46(28-9-6-5-7-10-28)40(39(45)50)18-20-42-21-19-40/h5-7,9-10,12-17,23,27,30,35,37,42,47H,8,11,18-22,24-26H2,1-4H3,(H,43,49)/t27-,30-,35+,37-,41+/m0/s1. The van der Waals surface area contributed by atoms with Crippen molar-refractivity contribution in [2.45, 2.75) is 80.9 Å². The molecule has 0 bridgehead atoms. The molecule has 0 saturated carbocycles. The van der Waals surface area contributed by atoms with E-state index < -0.39 is 25.3 Å². The Kier molecular flexibility index (Phi) is 9.16. The van der Waals surface area contributed by atoms with E-state index in [-0.39, 0.29) is 48.3 Å². The van der Waals surface area contributed by atoms with Crippen molar-refractivity contribution in [1.82, 2.24) is 10.2 Å². The van der Waals surface area contributed by atoms with Crippen molar-refractivity contribution in [3.05, 3.63) is 78.4 Å². The van der Waals surface area contributed by atoms with Crippen molar-refractivity contribution in [3.63, 3.8) is 0 Å². The number of benzene rings is 3. The van der Waals surface area contributed by atoms with Crippen LogP contribution in [0.1, 0.15) is 44.6 Å². The third-order valence-electron chi connectivity index (χ3n) is 13.1. The van der Waals surface area contributed by atoms with Gasteiger partial charge in [0.15, 0.2) is 5.60 Å². The van der Waals surface area contributed by atoms with Crippen LogP contribution in [0.25, 0.3) is 0 Å². The number of para-hydroxylation sites is 1. The number of methoxy groups -OCH3 is 1. The minimum absolute atomic E-state index is 0.0522. The summed E-state index contributed by atoms with van der Waals surface area (Å²) in [5, 5.41) is 17.8. The van der Waals surface area contributed by atoms with Crippen molar-refractivity contribution in [1.29, 1.82) is 0 Å². The first-order valence-corrected chi connectivity index (χ1v) is 22.2. The molecule has 5 heterocycles. The highest BCUT2D eigenvalue weighted by Crippen LogP contribution is 2.59. The summed E-state index contributed by atoms with van der Waals surface area (Å²) in [6.07, 6.45) is 2.60. The molecule has 5 aliphatic heterocycles. The minimum atomic E-state index is -2.47. The molecule has 0 unspecified atom stereocenters. The molecule has 3 aromatic rings. The monoisotopic (exact) mass is 737 g/mol. The highest BCUT2D eigenvalue weighted by Gasteiger charge is 2.65. The van der Waals surface area contributed by atoms with E-state index >= 15 is 0 Å². The van der Waals surface area contributed by atoms with Crippen LogP contribution in [0.5, 0.6) is 5.75 Å². The number of hydrogen-bond acceptors (Lipinski definition) is 8. The Hall–Kier alpha value is -4.23. The van der Waals surface area contributed by atoms with Gasteiger partial charge in [0, 0.05) is 35.1 Å². The Bertz CT molecular complexity index is 1880. The number of rotatable bonds is 8. The Labute approximate surface area is 312 Å². The van der Waals surface area contributed by atoms with E-state index in [9.17, 15) is 19.5 Å². The van der Waals surface area contributed by atoms with Crippen molar-refractivity contribution in [3.8, 4) is 5.75 Å². The number of nitrogens with zero attached hydrogens (tertiary/aromatic N) is 3. The number of amides is 3. The number of piperidine rings is 1. The Morgan fingerprint density at radius 1 is 1.02 bits per heavy atom. The van der Waals surface area contributed by atoms with Crippen LogP contribution in [0, 0.1) is 5.92 Å². The van der Waals surface area contributed by atoms with E-state index in [2.05, 4.69) is 59.8 Å². The van der Waals surface area contributed by atoms with E-state index in [0.29, 0.717) is 37.3 Å². The molecule has 3 aromatic carbocycles. The second-order valence-corrected chi connectivity index (χ2v) is 20.7. The van der Waals surface area contributed by atoms with E-state index in [1.807, 2.05) is 53.4 Å². The average molecular weight is 738 g/mol. The zero-order chi connectivity index (χ0) is 37.1. The number of carbonyl (C=O) groups excluding carboxylic acids is 3. The molecule has 2 spiro atoms. The summed E-state index contributed by atoms with van der Waals surface area (Å²) < 4.78 is 12.6. The summed E-state index contributed by atoms with van der Waals surface area (Å²) in [4.78, 5) is 49.0. The van der Waals surface area contributed by atoms with Crippen LogP contribution in [0.3, 0.4) is 0 Å². The van der Waals surface area contributed by atoms with E-state index in [1.54, 1.807) is 12.0 Å². The summed E-state index contributed by atoms with van der Waals surface area (Å²) in [7, 11) is -0.814. The maximum atomic E-state index is 14.6. The molecule has 0 radical (unpaired) electrons. The zero-order valence-corrected chi connectivity index (χ0v) is 32.1. The number of ether oxygens (including phenoxy) is 2. The van der Waals surface area contributed by atoms with Crippen LogP contribution in [-0.2, 0) is 24.7 Å². The Balaban J connectivity index is 1.19. The molecule has 4 saturated heterocycles. The molecule has 0 aliphatic carbocycles. The van der Waals surface area contributed by atoms with Gasteiger partial charge in [-0.15, -0.1) is 0 Å². The molecule has 53 heavy (non-hydrogen) atoms. The topological polar surface area (TPSA) is 124 Å². The third kappa shape index (κ3) is 5.59. The number of anilines is 3. The third-order valence-corrected chi connectivity index (χ3v) is 17.5. The van der Waals surface area contributed by atoms with Crippen LogP contribution in [0.15, 0.2) is 72.8 Å². The molecule has 0 aromatic heterocycles. The zero-order valence-electron chi connectivity index (χ0n) is 31.1. The lowest BCUT2D eigenvalue weighted by Gasteiger charge is -2.39. The van der Waals surface area contributed by atoms with Crippen molar-refractivity contribution in [2.24, 2.45) is 5.92 Å².